The molecule has 6 nitrogen and oxygen atoms in total. The number of nitrogens with zero attached hydrogens (tertiary/aromatic N) is 3. The van der Waals surface area contributed by atoms with E-state index in [1.54, 1.807) is 42.5 Å². The maximum absolute atomic E-state index is 13.2. The van der Waals surface area contributed by atoms with Gasteiger partial charge in [0.15, 0.2) is 5.84 Å². The van der Waals surface area contributed by atoms with Crippen LogP contribution in [0.5, 0.6) is 5.75 Å². The summed E-state index contributed by atoms with van der Waals surface area (Å²) in [5.74, 6) is 0.923. The van der Waals surface area contributed by atoms with Crippen molar-refractivity contribution in [1.29, 1.82) is 0 Å². The molecule has 0 aromatic heterocycles. The third-order valence-electron chi connectivity index (χ3n) is 5.02. The minimum atomic E-state index is -4.62. The predicted molar refractivity (Wildman–Crippen MR) is 109 cm³/mol. The van der Waals surface area contributed by atoms with E-state index in [-0.39, 0.29) is 22.1 Å². The number of alkyl halides is 3. The Bertz CT molecular complexity index is 1220. The van der Waals surface area contributed by atoms with E-state index < -0.39 is 21.8 Å². The highest BCUT2D eigenvalue weighted by atomic mass is 32.2. The van der Waals surface area contributed by atoms with Crippen LogP contribution in [0, 0.1) is 0 Å². The molecule has 0 aliphatic carbocycles. The van der Waals surface area contributed by atoms with Crippen molar-refractivity contribution in [2.75, 3.05) is 14.2 Å². The second kappa shape index (κ2) is 7.45. The second-order valence-corrected chi connectivity index (χ2v) is 8.90. The SMILES string of the molecule is COc1ccc(CN2C=CC=C3C2=Nc2cc(C(F)(F)F)ccc2S(=O)(=O)N3C)cc1. The molecule has 162 valence electrons. The number of hydrogen-bond acceptors (Lipinski definition) is 5. The molecule has 0 fully saturated rings. The summed E-state index contributed by atoms with van der Waals surface area (Å²) in [6.07, 6.45) is 0.315. The Balaban J connectivity index is 1.82. The summed E-state index contributed by atoms with van der Waals surface area (Å²) < 4.78 is 72.0. The topological polar surface area (TPSA) is 62.2 Å². The Morgan fingerprint density at radius 1 is 1.10 bits per heavy atom. The lowest BCUT2D eigenvalue weighted by Gasteiger charge is -2.29. The van der Waals surface area contributed by atoms with Crippen LogP contribution in [0.2, 0.25) is 0 Å². The van der Waals surface area contributed by atoms with Gasteiger partial charge in [0.05, 0.1) is 24.1 Å². The van der Waals surface area contributed by atoms with Crippen molar-refractivity contribution in [3.63, 3.8) is 0 Å². The van der Waals surface area contributed by atoms with Gasteiger partial charge in [0.2, 0.25) is 0 Å². The Morgan fingerprint density at radius 2 is 1.81 bits per heavy atom. The number of amidine groups is 1. The first-order valence-corrected chi connectivity index (χ1v) is 10.6. The van der Waals surface area contributed by atoms with E-state index in [1.807, 2.05) is 12.1 Å². The molecule has 2 heterocycles. The number of fused-ring (bicyclic) bond motifs is 2. The van der Waals surface area contributed by atoms with E-state index in [9.17, 15) is 21.6 Å². The van der Waals surface area contributed by atoms with Crippen LogP contribution in [0.1, 0.15) is 11.1 Å². The molecule has 0 atom stereocenters. The largest absolute Gasteiger partial charge is 0.497 e. The smallest absolute Gasteiger partial charge is 0.416 e. The van der Waals surface area contributed by atoms with Crippen LogP contribution in [0.15, 0.2) is 76.4 Å². The van der Waals surface area contributed by atoms with Crippen LogP contribution in [-0.2, 0) is 22.7 Å². The summed E-state index contributed by atoms with van der Waals surface area (Å²) in [6.45, 7) is 0.332. The number of hydrogen-bond donors (Lipinski definition) is 0. The van der Waals surface area contributed by atoms with Gasteiger partial charge in [0.25, 0.3) is 10.0 Å². The van der Waals surface area contributed by atoms with Gasteiger partial charge >= 0.3 is 6.18 Å². The molecule has 10 heteroatoms. The molecule has 0 N–H and O–H groups in total. The van der Waals surface area contributed by atoms with Crippen molar-refractivity contribution < 1.29 is 26.3 Å². The van der Waals surface area contributed by atoms with Gasteiger partial charge in [-0.1, -0.05) is 12.1 Å². The summed E-state index contributed by atoms with van der Waals surface area (Å²) >= 11 is 0. The lowest BCUT2D eigenvalue weighted by molar-refractivity contribution is -0.137. The molecule has 0 saturated heterocycles. The average Bonchev–Trinajstić information content (AvgIpc) is 2.81. The zero-order valence-electron chi connectivity index (χ0n) is 16.6. The van der Waals surface area contributed by atoms with Crippen molar-refractivity contribution in [1.82, 2.24) is 9.21 Å². The molecule has 2 aromatic rings. The summed E-state index contributed by atoms with van der Waals surface area (Å²) in [6, 6.07) is 9.73. The van der Waals surface area contributed by atoms with Crippen LogP contribution >= 0.6 is 0 Å². The van der Waals surface area contributed by atoms with Crippen molar-refractivity contribution >= 4 is 21.5 Å². The molecule has 2 aliphatic rings. The van der Waals surface area contributed by atoms with E-state index in [2.05, 4.69) is 4.99 Å². The van der Waals surface area contributed by atoms with Crippen molar-refractivity contribution in [3.05, 3.63) is 77.6 Å². The van der Waals surface area contributed by atoms with Crippen LogP contribution in [0.25, 0.3) is 0 Å². The average molecular weight is 449 g/mol. The maximum atomic E-state index is 13.2. The fourth-order valence-electron chi connectivity index (χ4n) is 3.34. The molecular formula is C21H18F3N3O3S. The van der Waals surface area contributed by atoms with Gasteiger partial charge in [-0.3, -0.25) is 4.31 Å². The number of aliphatic imine (C=N–C) groups is 1. The molecule has 2 aromatic carbocycles. The molecule has 31 heavy (non-hydrogen) atoms. The standard InChI is InChI=1S/C21H18F3N3O3S/c1-26-18-4-3-11-27(13-14-5-8-16(30-2)9-6-14)20(18)25-17-12-15(21(22,23)24)7-10-19(17)31(26,28)29/h3-12H,13H2,1-2H3. The Hall–Kier alpha value is -3.27. The first-order valence-electron chi connectivity index (χ1n) is 9.18. The van der Waals surface area contributed by atoms with Crippen molar-refractivity contribution in [2.24, 2.45) is 4.99 Å². The summed E-state index contributed by atoms with van der Waals surface area (Å²) in [7, 11) is -1.18. The number of halogens is 3. The number of benzene rings is 2. The number of methoxy groups -OCH3 is 1. The zero-order valence-corrected chi connectivity index (χ0v) is 17.4. The third-order valence-corrected chi connectivity index (χ3v) is 6.84. The fourth-order valence-corrected chi connectivity index (χ4v) is 4.65. The van der Waals surface area contributed by atoms with E-state index >= 15 is 0 Å². The third kappa shape index (κ3) is 3.78. The van der Waals surface area contributed by atoms with Gasteiger partial charge < -0.3 is 9.64 Å². The molecule has 4 rings (SSSR count). The normalized spacial score (nSPS) is 17.3. The molecule has 2 aliphatic heterocycles. The molecule has 0 saturated carbocycles. The van der Waals surface area contributed by atoms with Gasteiger partial charge in [-0.05, 0) is 48.0 Å². The summed E-state index contributed by atoms with van der Waals surface area (Å²) in [5.41, 5.74) is -0.0711. The lowest BCUT2D eigenvalue weighted by atomic mass is 10.1. The van der Waals surface area contributed by atoms with Crippen LogP contribution < -0.4 is 4.74 Å². The fraction of sp³-hybridized carbons (Fsp3) is 0.190. The van der Waals surface area contributed by atoms with Gasteiger partial charge in [-0.2, -0.15) is 13.2 Å². The van der Waals surface area contributed by atoms with Gasteiger partial charge in [-0.15, -0.1) is 0 Å². The van der Waals surface area contributed by atoms with E-state index in [0.717, 1.165) is 28.1 Å². The van der Waals surface area contributed by atoms with Gasteiger partial charge in [-0.25, -0.2) is 13.4 Å². The minimum Gasteiger partial charge on any atom is -0.497 e. The first-order chi connectivity index (χ1) is 14.6. The number of rotatable bonds is 3. The summed E-state index contributed by atoms with van der Waals surface area (Å²) in [4.78, 5) is 5.78. The van der Waals surface area contributed by atoms with Crippen LogP contribution in [0.4, 0.5) is 18.9 Å². The van der Waals surface area contributed by atoms with Gasteiger partial charge in [0, 0.05) is 19.8 Å². The highest BCUT2D eigenvalue weighted by Gasteiger charge is 2.37. The Labute approximate surface area is 177 Å². The van der Waals surface area contributed by atoms with Crippen LogP contribution in [-0.4, -0.2) is 37.6 Å². The zero-order chi connectivity index (χ0) is 22.4. The molecule has 0 bridgehead atoms. The first kappa shape index (κ1) is 21.0. The van der Waals surface area contributed by atoms with E-state index in [0.29, 0.717) is 12.3 Å². The van der Waals surface area contributed by atoms with Crippen molar-refractivity contribution in [3.8, 4) is 5.75 Å². The number of allylic oxidation sites excluding steroid dienone is 2. The quantitative estimate of drug-likeness (QED) is 0.702. The number of sulfonamides is 1. The van der Waals surface area contributed by atoms with E-state index in [4.69, 9.17) is 4.74 Å². The highest BCUT2D eigenvalue weighted by molar-refractivity contribution is 7.89. The highest BCUT2D eigenvalue weighted by Crippen LogP contribution is 2.39. The van der Waals surface area contributed by atoms with E-state index in [1.165, 1.54) is 7.05 Å². The number of likely N-dealkylation sites (N-methyl/N-ethyl adjacent to an activating group) is 1. The number of ether oxygens (including phenoxy) is 1. The monoisotopic (exact) mass is 449 g/mol. The lowest BCUT2D eigenvalue weighted by Crippen LogP contribution is -2.36. The molecule has 0 spiro atoms. The molecular weight excluding hydrogens is 431 g/mol. The molecule has 0 unspecified atom stereocenters. The minimum absolute atomic E-state index is 0.238. The van der Waals surface area contributed by atoms with Crippen molar-refractivity contribution in [2.45, 2.75) is 17.6 Å². The summed E-state index contributed by atoms with van der Waals surface area (Å²) in [5, 5.41) is 0. The molecule has 0 amide bonds. The molecule has 0 radical (unpaired) electrons. The van der Waals surface area contributed by atoms with Crippen LogP contribution in [0.3, 0.4) is 0 Å². The maximum Gasteiger partial charge on any atom is 0.416 e. The Morgan fingerprint density at radius 3 is 2.45 bits per heavy atom. The van der Waals surface area contributed by atoms with Gasteiger partial charge in [0.1, 0.15) is 10.6 Å². The Kier molecular flexibility index (Phi) is 5.04. The second-order valence-electron chi connectivity index (χ2n) is 6.96. The predicted octanol–water partition coefficient (Wildman–Crippen LogP) is 4.29.